The van der Waals surface area contributed by atoms with Gasteiger partial charge in [-0.3, -0.25) is 4.79 Å². The van der Waals surface area contributed by atoms with Gasteiger partial charge in [-0.1, -0.05) is 29.4 Å². The monoisotopic (exact) mass is 518 g/mol. The van der Waals surface area contributed by atoms with Gasteiger partial charge in [0.1, 0.15) is 5.75 Å². The second kappa shape index (κ2) is 10.9. The van der Waals surface area contributed by atoms with Crippen LogP contribution >= 0.6 is 0 Å². The third-order valence-corrected chi connectivity index (χ3v) is 6.05. The number of piperazine rings is 1. The molecule has 0 atom stereocenters. The number of aromatic nitrogens is 1. The molecule has 0 unspecified atom stereocenters. The van der Waals surface area contributed by atoms with Gasteiger partial charge in [-0.2, -0.15) is 13.2 Å². The highest BCUT2D eigenvalue weighted by Gasteiger charge is 2.38. The van der Waals surface area contributed by atoms with Crippen molar-refractivity contribution in [3.63, 3.8) is 0 Å². The van der Waals surface area contributed by atoms with Crippen LogP contribution in [-0.4, -0.2) is 66.1 Å². The third kappa shape index (κ3) is 6.02. The number of carbonyl (C=O) groups is 2. The summed E-state index contributed by atoms with van der Waals surface area (Å²) >= 11 is 0. The van der Waals surface area contributed by atoms with Gasteiger partial charge < -0.3 is 29.9 Å². The average Bonchev–Trinajstić information content (AvgIpc) is 3.54. The molecule has 0 aliphatic carbocycles. The van der Waals surface area contributed by atoms with E-state index >= 15 is 0 Å². The summed E-state index contributed by atoms with van der Waals surface area (Å²) in [6.45, 7) is 4.36. The minimum atomic E-state index is -5.08. The van der Waals surface area contributed by atoms with Crippen LogP contribution in [0.1, 0.15) is 12.8 Å². The molecule has 2 fully saturated rings. The maximum Gasteiger partial charge on any atom is 0.490 e. The number of aliphatic carboxylic acids is 1. The van der Waals surface area contributed by atoms with Crippen molar-refractivity contribution in [2.75, 3.05) is 42.5 Å². The van der Waals surface area contributed by atoms with E-state index in [1.54, 1.807) is 0 Å². The Balaban J connectivity index is 0.000000405. The maximum absolute atomic E-state index is 12.0. The number of hydrogen-bond donors (Lipinski definition) is 3. The fourth-order valence-electron chi connectivity index (χ4n) is 4.15. The van der Waals surface area contributed by atoms with Gasteiger partial charge in [-0.15, -0.1) is 0 Å². The Labute approximate surface area is 210 Å². The number of phenolic OH excluding ortho intramolecular Hbond substituents is 1. The van der Waals surface area contributed by atoms with Crippen LogP contribution in [0.5, 0.6) is 5.75 Å². The quantitative estimate of drug-likeness (QED) is 0.476. The highest BCUT2D eigenvalue weighted by atomic mass is 19.4. The lowest BCUT2D eigenvalue weighted by Crippen LogP contribution is -2.43. The summed E-state index contributed by atoms with van der Waals surface area (Å²) in [6.07, 6.45) is -3.58. The van der Waals surface area contributed by atoms with Gasteiger partial charge in [0.2, 0.25) is 5.91 Å². The minimum absolute atomic E-state index is 0.158. The molecule has 0 spiro atoms. The Bertz CT molecular complexity index is 1250. The molecule has 196 valence electrons. The van der Waals surface area contributed by atoms with Crippen molar-refractivity contribution in [3.8, 4) is 28.2 Å². The number of amides is 1. The summed E-state index contributed by atoms with van der Waals surface area (Å²) in [5.74, 6) is -1.10. The highest BCUT2D eigenvalue weighted by molar-refractivity contribution is 5.95. The number of carbonyl (C=O) groups excluding carboxylic acids is 1. The number of nitrogens with zero attached hydrogens (tertiary/aromatic N) is 3. The highest BCUT2D eigenvalue weighted by Crippen LogP contribution is 2.39. The minimum Gasteiger partial charge on any atom is -0.507 e. The first-order chi connectivity index (χ1) is 17.6. The molecular weight excluding hydrogens is 493 g/mol. The van der Waals surface area contributed by atoms with E-state index in [2.05, 4.69) is 15.4 Å². The van der Waals surface area contributed by atoms with E-state index in [0.29, 0.717) is 23.3 Å². The second-order valence-corrected chi connectivity index (χ2v) is 8.49. The molecule has 0 saturated carbocycles. The average molecular weight is 518 g/mol. The van der Waals surface area contributed by atoms with E-state index in [1.807, 2.05) is 53.4 Å². The van der Waals surface area contributed by atoms with Crippen LogP contribution in [0, 0.1) is 0 Å². The van der Waals surface area contributed by atoms with Crippen molar-refractivity contribution >= 4 is 23.4 Å². The molecule has 2 aromatic carbocycles. The van der Waals surface area contributed by atoms with Crippen molar-refractivity contribution < 1.29 is 37.5 Å². The summed E-state index contributed by atoms with van der Waals surface area (Å²) in [4.78, 5) is 24.8. The van der Waals surface area contributed by atoms with Crippen LogP contribution in [0.3, 0.4) is 0 Å². The Morgan fingerprint density at radius 1 is 1.03 bits per heavy atom. The zero-order chi connectivity index (χ0) is 26.6. The molecule has 2 saturated heterocycles. The largest absolute Gasteiger partial charge is 0.507 e. The van der Waals surface area contributed by atoms with Crippen LogP contribution in [0.4, 0.5) is 24.7 Å². The van der Waals surface area contributed by atoms with Gasteiger partial charge in [-0.25, -0.2) is 4.79 Å². The first-order valence-electron chi connectivity index (χ1n) is 11.6. The van der Waals surface area contributed by atoms with E-state index in [0.717, 1.165) is 56.2 Å². The Kier molecular flexibility index (Phi) is 7.67. The second-order valence-electron chi connectivity index (χ2n) is 8.49. The number of alkyl halides is 3. The number of halogens is 3. The van der Waals surface area contributed by atoms with Gasteiger partial charge in [0.05, 0.1) is 5.56 Å². The number of rotatable bonds is 4. The zero-order valence-corrected chi connectivity index (χ0v) is 19.7. The van der Waals surface area contributed by atoms with E-state index < -0.39 is 12.1 Å². The normalized spacial score (nSPS) is 15.9. The molecule has 0 radical (unpaired) electrons. The molecule has 2 aliphatic rings. The molecular formula is C25H25F3N4O5. The summed E-state index contributed by atoms with van der Waals surface area (Å²) in [7, 11) is 0. The Hall–Kier alpha value is -4.06. The fraction of sp³-hybridized carbons (Fsp3) is 0.320. The molecule has 37 heavy (non-hydrogen) atoms. The molecule has 5 rings (SSSR count). The molecule has 1 aromatic heterocycles. The van der Waals surface area contributed by atoms with E-state index in [9.17, 15) is 23.1 Å². The van der Waals surface area contributed by atoms with Crippen LogP contribution in [0.25, 0.3) is 22.5 Å². The standard InChI is InChI=1S/C23H24N4O3.C2HF3O2/c28-22-5-2-12-27(22)17-8-6-16(7-9-17)18-3-1-4-19(23(18)29)20-15-21(25-30-20)26-13-10-24-11-14-26;3-2(4,5)1(6)7/h1,3-4,6-9,15,24,29H,2,5,10-14H2;(H,6,7). The fourth-order valence-corrected chi connectivity index (χ4v) is 4.15. The van der Waals surface area contributed by atoms with E-state index in [-0.39, 0.29) is 11.7 Å². The number of carboxylic acid groups (broad SMARTS) is 1. The molecule has 3 heterocycles. The number of hydrogen-bond acceptors (Lipinski definition) is 7. The lowest BCUT2D eigenvalue weighted by atomic mass is 10.00. The number of phenols is 1. The lowest BCUT2D eigenvalue weighted by molar-refractivity contribution is -0.192. The molecule has 1 amide bonds. The Morgan fingerprint density at radius 2 is 1.68 bits per heavy atom. The molecule has 2 aliphatic heterocycles. The van der Waals surface area contributed by atoms with Crippen molar-refractivity contribution in [3.05, 3.63) is 48.5 Å². The molecule has 0 bridgehead atoms. The molecule has 3 aromatic rings. The lowest BCUT2D eigenvalue weighted by Gasteiger charge is -2.26. The van der Waals surface area contributed by atoms with E-state index in [4.69, 9.17) is 14.4 Å². The predicted molar refractivity (Wildman–Crippen MR) is 129 cm³/mol. The van der Waals surface area contributed by atoms with Gasteiger partial charge >= 0.3 is 12.1 Å². The molecule has 12 heteroatoms. The SMILES string of the molecule is O=C(O)C(F)(F)F.O=C1CCCN1c1ccc(-c2cccc(-c3cc(N4CCNCC4)no3)c2O)cc1. The van der Waals surface area contributed by atoms with E-state index in [1.165, 1.54) is 0 Å². The third-order valence-electron chi connectivity index (χ3n) is 6.05. The summed E-state index contributed by atoms with van der Waals surface area (Å²) in [6, 6.07) is 15.2. The van der Waals surface area contributed by atoms with Gasteiger partial charge in [0.15, 0.2) is 11.6 Å². The maximum atomic E-state index is 12.0. The van der Waals surface area contributed by atoms with Crippen LogP contribution in [-0.2, 0) is 9.59 Å². The summed E-state index contributed by atoms with van der Waals surface area (Å²) in [5, 5.41) is 25.6. The van der Waals surface area contributed by atoms with Crippen LogP contribution in [0.15, 0.2) is 53.1 Å². The van der Waals surface area contributed by atoms with Crippen molar-refractivity contribution in [1.29, 1.82) is 0 Å². The van der Waals surface area contributed by atoms with Crippen molar-refractivity contribution in [2.45, 2.75) is 19.0 Å². The van der Waals surface area contributed by atoms with Gasteiger partial charge in [0, 0.05) is 56.5 Å². The zero-order valence-electron chi connectivity index (χ0n) is 19.7. The Morgan fingerprint density at radius 3 is 2.27 bits per heavy atom. The first kappa shape index (κ1) is 26.0. The first-order valence-corrected chi connectivity index (χ1v) is 11.6. The van der Waals surface area contributed by atoms with Gasteiger partial charge in [-0.05, 0) is 30.2 Å². The van der Waals surface area contributed by atoms with Crippen molar-refractivity contribution in [1.82, 2.24) is 10.5 Å². The van der Waals surface area contributed by atoms with Crippen molar-refractivity contribution in [2.24, 2.45) is 0 Å². The van der Waals surface area contributed by atoms with Gasteiger partial charge in [0.25, 0.3) is 0 Å². The number of carboxylic acids is 1. The topological polar surface area (TPSA) is 119 Å². The summed E-state index contributed by atoms with van der Waals surface area (Å²) < 4.78 is 37.3. The number of benzene rings is 2. The number of nitrogens with one attached hydrogen (secondary N) is 1. The number of para-hydroxylation sites is 1. The predicted octanol–water partition coefficient (Wildman–Crippen LogP) is 3.88. The summed E-state index contributed by atoms with van der Waals surface area (Å²) in [5.41, 5.74) is 3.10. The van der Waals surface area contributed by atoms with Crippen LogP contribution < -0.4 is 15.1 Å². The number of aromatic hydroxyl groups is 1. The van der Waals surface area contributed by atoms with Crippen LogP contribution in [0.2, 0.25) is 0 Å². The molecule has 9 nitrogen and oxygen atoms in total. The number of anilines is 2. The smallest absolute Gasteiger partial charge is 0.490 e. The molecule has 3 N–H and O–H groups in total.